The Morgan fingerprint density at radius 2 is 1.61 bits per heavy atom. The van der Waals surface area contributed by atoms with Crippen molar-refractivity contribution >= 4 is 35.3 Å². The lowest BCUT2D eigenvalue weighted by Crippen LogP contribution is -2.53. The maximum atomic E-state index is 14.2. The maximum Gasteiger partial charge on any atom is 0.242 e. The Balaban J connectivity index is 1.55. The van der Waals surface area contributed by atoms with Gasteiger partial charge < -0.3 is 19.3 Å². The summed E-state index contributed by atoms with van der Waals surface area (Å²) in [7, 11) is 3.25. The third-order valence-corrected chi connectivity index (χ3v) is 9.74. The molecule has 0 saturated carbocycles. The summed E-state index contributed by atoms with van der Waals surface area (Å²) < 4.78 is 13.2. The van der Waals surface area contributed by atoms with E-state index in [-0.39, 0.29) is 35.3 Å². The summed E-state index contributed by atoms with van der Waals surface area (Å²) in [5, 5.41) is 4.80. The molecule has 1 aromatic heterocycles. The van der Waals surface area contributed by atoms with E-state index in [1.807, 2.05) is 79.7 Å². The predicted octanol–water partition coefficient (Wildman–Crippen LogP) is 4.72. The average molecular weight is 640 g/mol. The number of methoxy groups -OCH3 is 2. The minimum absolute atomic E-state index is 0.00841. The first kappa shape index (κ1) is 31.2. The van der Waals surface area contributed by atoms with E-state index in [1.165, 1.54) is 18.7 Å². The van der Waals surface area contributed by atoms with Crippen LogP contribution in [0.25, 0.3) is 16.9 Å². The molecular weight excluding hydrogens is 602 g/mol. The van der Waals surface area contributed by atoms with Crippen LogP contribution < -0.4 is 14.4 Å². The summed E-state index contributed by atoms with van der Waals surface area (Å²) in [5.41, 5.74) is 5.11. The second-order valence-electron chi connectivity index (χ2n) is 11.4. The fraction of sp³-hybridized carbons (Fsp3) is 0.314. The highest BCUT2D eigenvalue weighted by Gasteiger charge is 2.39. The van der Waals surface area contributed by atoms with E-state index < -0.39 is 0 Å². The van der Waals surface area contributed by atoms with Crippen molar-refractivity contribution in [2.24, 2.45) is 0 Å². The van der Waals surface area contributed by atoms with Crippen LogP contribution in [0.1, 0.15) is 28.9 Å². The zero-order valence-corrected chi connectivity index (χ0v) is 27.3. The lowest BCUT2D eigenvalue weighted by molar-refractivity contribution is -0.137. The van der Waals surface area contributed by atoms with Crippen LogP contribution in [0.2, 0.25) is 0 Å². The Hall–Kier alpha value is -4.77. The van der Waals surface area contributed by atoms with Crippen LogP contribution in [0.3, 0.4) is 0 Å². The molecular formula is C35H37N5O5S. The summed E-state index contributed by atoms with van der Waals surface area (Å²) in [5.74, 6) is 1.62. The number of nitrogens with zero attached hydrogens (tertiary/aromatic N) is 5. The van der Waals surface area contributed by atoms with Crippen molar-refractivity contribution in [1.29, 1.82) is 0 Å². The van der Waals surface area contributed by atoms with E-state index in [4.69, 9.17) is 14.6 Å². The number of carbonyl (C=O) groups excluding carboxylic acids is 3. The third kappa shape index (κ3) is 6.06. The van der Waals surface area contributed by atoms with Gasteiger partial charge in [-0.15, -0.1) is 11.8 Å². The summed E-state index contributed by atoms with van der Waals surface area (Å²) in [4.78, 5) is 45.0. The van der Waals surface area contributed by atoms with Gasteiger partial charge in [0.1, 0.15) is 23.9 Å². The van der Waals surface area contributed by atoms with E-state index >= 15 is 0 Å². The summed E-state index contributed by atoms with van der Waals surface area (Å²) in [6.07, 6.45) is 0. The van der Waals surface area contributed by atoms with Gasteiger partial charge in [0.25, 0.3) is 0 Å². The molecule has 2 aliphatic rings. The maximum absolute atomic E-state index is 14.2. The Kier molecular flexibility index (Phi) is 9.03. The molecule has 10 nitrogen and oxygen atoms in total. The van der Waals surface area contributed by atoms with Gasteiger partial charge in [-0.25, -0.2) is 4.68 Å². The zero-order chi connectivity index (χ0) is 32.4. The van der Waals surface area contributed by atoms with Gasteiger partial charge in [0.05, 0.1) is 36.6 Å². The third-order valence-electron chi connectivity index (χ3n) is 8.51. The van der Waals surface area contributed by atoms with Crippen LogP contribution in [0.5, 0.6) is 11.5 Å². The van der Waals surface area contributed by atoms with Gasteiger partial charge in [0, 0.05) is 49.8 Å². The van der Waals surface area contributed by atoms with Crippen molar-refractivity contribution in [1.82, 2.24) is 19.6 Å². The summed E-state index contributed by atoms with van der Waals surface area (Å²) >= 11 is 1.48. The molecule has 11 heteroatoms. The predicted molar refractivity (Wildman–Crippen MR) is 179 cm³/mol. The first-order chi connectivity index (χ1) is 22.3. The van der Waals surface area contributed by atoms with Crippen molar-refractivity contribution in [3.63, 3.8) is 0 Å². The smallest absolute Gasteiger partial charge is 0.242 e. The number of ether oxygens (including phenoxy) is 2. The van der Waals surface area contributed by atoms with Crippen molar-refractivity contribution in [3.05, 3.63) is 89.5 Å². The number of rotatable bonds is 7. The quantitative estimate of drug-likeness (QED) is 0.289. The lowest BCUT2D eigenvalue weighted by Gasteiger charge is -2.35. The Morgan fingerprint density at radius 3 is 2.26 bits per heavy atom. The van der Waals surface area contributed by atoms with Crippen LogP contribution in [-0.4, -0.2) is 90.0 Å². The van der Waals surface area contributed by atoms with Crippen LogP contribution >= 0.6 is 11.8 Å². The highest BCUT2D eigenvalue weighted by molar-refractivity contribution is 8.00. The van der Waals surface area contributed by atoms with Crippen LogP contribution in [0, 0.1) is 6.92 Å². The Bertz CT molecular complexity index is 1750. The molecule has 1 saturated heterocycles. The molecule has 3 heterocycles. The number of hydrogen-bond donors (Lipinski definition) is 0. The Labute approximate surface area is 272 Å². The highest BCUT2D eigenvalue weighted by atomic mass is 32.2. The first-order valence-corrected chi connectivity index (χ1v) is 16.3. The van der Waals surface area contributed by atoms with Crippen molar-refractivity contribution in [2.75, 3.05) is 57.6 Å². The van der Waals surface area contributed by atoms with Gasteiger partial charge in [-0.3, -0.25) is 19.3 Å². The molecule has 0 aliphatic carbocycles. The standard InChI is InChI=1S/C35H37N5O5S/c1-23-10-12-26(13-11-23)40-35-32(33(36-40)25-8-6-5-7-9-25)34(28-20-27(44-3)14-15-29(28)45-4)46-22-31(43)39(35)21-30(42)38-18-16-37(17-19-38)24(2)41/h5-15,20,34H,16-19,21-22H2,1-4H3/t34-/m0/s1. The number of aromatic nitrogens is 2. The molecule has 0 N–H and O–H groups in total. The number of carbonyl (C=O) groups is 3. The fourth-order valence-corrected chi connectivity index (χ4v) is 7.20. The van der Waals surface area contributed by atoms with Crippen LogP contribution in [-0.2, 0) is 14.4 Å². The molecule has 4 aromatic rings. The normalized spacial score (nSPS) is 16.6. The number of amides is 3. The van der Waals surface area contributed by atoms with Crippen molar-refractivity contribution < 1.29 is 23.9 Å². The van der Waals surface area contributed by atoms with Gasteiger partial charge in [-0.1, -0.05) is 48.0 Å². The monoisotopic (exact) mass is 639 g/mol. The molecule has 2 aliphatic heterocycles. The van der Waals surface area contributed by atoms with Gasteiger partial charge in [-0.2, -0.15) is 5.10 Å². The number of fused-ring (bicyclic) bond motifs is 1. The zero-order valence-electron chi connectivity index (χ0n) is 26.4. The van der Waals surface area contributed by atoms with E-state index in [9.17, 15) is 14.4 Å². The van der Waals surface area contributed by atoms with Crippen LogP contribution in [0.4, 0.5) is 5.82 Å². The molecule has 0 bridgehead atoms. The molecule has 1 fully saturated rings. The van der Waals surface area contributed by atoms with E-state index in [1.54, 1.807) is 33.6 Å². The Morgan fingerprint density at radius 1 is 0.913 bits per heavy atom. The summed E-state index contributed by atoms with van der Waals surface area (Å²) in [6, 6.07) is 23.5. The molecule has 3 amide bonds. The largest absolute Gasteiger partial charge is 0.497 e. The average Bonchev–Trinajstić information content (AvgIpc) is 3.41. The minimum Gasteiger partial charge on any atom is -0.497 e. The van der Waals surface area contributed by atoms with E-state index in [0.29, 0.717) is 49.2 Å². The fourth-order valence-electron chi connectivity index (χ4n) is 5.99. The SMILES string of the molecule is COc1ccc(OC)c([C@@H]2SCC(=O)N(CC(=O)N3CCN(C(C)=O)CC3)c3c2c(-c2ccccc2)nn3-c2ccc(C)cc2)c1. The van der Waals surface area contributed by atoms with Crippen LogP contribution in [0.15, 0.2) is 72.8 Å². The van der Waals surface area contributed by atoms with Gasteiger partial charge >= 0.3 is 0 Å². The summed E-state index contributed by atoms with van der Waals surface area (Å²) in [6.45, 7) is 5.17. The van der Waals surface area contributed by atoms with Gasteiger partial charge in [0.15, 0.2) is 0 Å². The molecule has 238 valence electrons. The van der Waals surface area contributed by atoms with E-state index in [2.05, 4.69) is 0 Å². The number of thioether (sulfide) groups is 1. The topological polar surface area (TPSA) is 97.2 Å². The van der Waals surface area contributed by atoms with Gasteiger partial charge in [-0.05, 0) is 37.3 Å². The molecule has 1 atom stereocenters. The molecule has 0 unspecified atom stereocenters. The lowest BCUT2D eigenvalue weighted by atomic mass is 9.98. The molecule has 0 radical (unpaired) electrons. The van der Waals surface area contributed by atoms with Crippen molar-refractivity contribution in [3.8, 4) is 28.4 Å². The number of anilines is 1. The van der Waals surface area contributed by atoms with Gasteiger partial charge in [0.2, 0.25) is 17.7 Å². The molecule has 6 rings (SSSR count). The van der Waals surface area contributed by atoms with Crippen molar-refractivity contribution in [2.45, 2.75) is 19.1 Å². The van der Waals surface area contributed by atoms with E-state index in [0.717, 1.165) is 27.9 Å². The first-order valence-electron chi connectivity index (χ1n) is 15.2. The second kappa shape index (κ2) is 13.3. The minimum atomic E-state index is -0.377. The molecule has 3 aromatic carbocycles. The number of piperazine rings is 1. The number of aryl methyl sites for hydroxylation is 1. The molecule has 46 heavy (non-hydrogen) atoms. The number of benzene rings is 3. The molecule has 0 spiro atoms. The second-order valence-corrected chi connectivity index (χ2v) is 12.5. The number of hydrogen-bond acceptors (Lipinski definition) is 7. The highest BCUT2D eigenvalue weighted by Crippen LogP contribution is 2.51.